The van der Waals surface area contributed by atoms with Crippen molar-refractivity contribution in [3.8, 4) is 28.5 Å². The van der Waals surface area contributed by atoms with Crippen molar-refractivity contribution >= 4 is 155 Å². The average Bonchev–Trinajstić information content (AvgIpc) is 3.62. The molecule has 2 bridgehead atoms. The summed E-state index contributed by atoms with van der Waals surface area (Å²) < 4.78 is 1.94. The average molecular weight is 749 g/mol. The monoisotopic (exact) mass is 750 g/mol. The highest BCUT2D eigenvalue weighted by molar-refractivity contribution is 6.69. The molecule has 20 radical (unpaired) electrons. The van der Waals surface area contributed by atoms with Crippen LogP contribution in [0, 0.1) is 0 Å². The number of nitrogens with zero attached hydrogens (tertiary/aromatic N) is 4. The Morgan fingerprint density at radius 1 is 0.410 bits per heavy atom. The van der Waals surface area contributed by atoms with Gasteiger partial charge in [0.25, 0.3) is 0 Å². The van der Waals surface area contributed by atoms with Crippen LogP contribution in [-0.4, -0.2) is 98.0 Å². The van der Waals surface area contributed by atoms with E-state index in [1.54, 1.807) is 0 Å². The lowest BCUT2D eigenvalue weighted by atomic mass is 9.52. The van der Waals surface area contributed by atoms with Crippen molar-refractivity contribution in [1.82, 2.24) is 19.5 Å². The summed E-state index contributed by atoms with van der Waals surface area (Å²) in [6.45, 7) is 0. The van der Waals surface area contributed by atoms with E-state index in [0.29, 0.717) is 22.9 Å². The Bertz CT molecular complexity index is 3240. The van der Waals surface area contributed by atoms with E-state index in [9.17, 15) is 0 Å². The smallest absolute Gasteiger partial charge is 0.163 e. The molecule has 3 aliphatic rings. The Kier molecular flexibility index (Phi) is 8.40. The molecule has 14 heteroatoms. The molecule has 0 fully saturated rings. The SMILES string of the molecule is [B]c1c([B])c([B])c(-c2nc(-c3ccc4c5ccccc5n(-c5c([B])c([B])c([B])c([B])c5[B])c4c3)nc(C34c5ccccc5C(c5ccccc53)c3ccccc34)n2)c([B])c1[B]. The van der Waals surface area contributed by atoms with Gasteiger partial charge in [-0.25, -0.2) is 15.0 Å². The molecule has 2 heterocycles. The van der Waals surface area contributed by atoms with Crippen LogP contribution in [0.4, 0.5) is 0 Å². The van der Waals surface area contributed by atoms with Gasteiger partial charge in [0, 0.05) is 33.5 Å². The lowest BCUT2D eigenvalue weighted by Crippen LogP contribution is -2.56. The van der Waals surface area contributed by atoms with Gasteiger partial charge >= 0.3 is 0 Å². The Morgan fingerprint density at radius 3 is 1.41 bits per heavy atom. The second-order valence-corrected chi connectivity index (χ2v) is 15.7. The summed E-state index contributed by atoms with van der Waals surface area (Å²) >= 11 is 0. The zero-order valence-corrected chi connectivity index (χ0v) is 32.6. The summed E-state index contributed by atoms with van der Waals surface area (Å²) in [6.07, 6.45) is 0. The van der Waals surface area contributed by atoms with Gasteiger partial charge in [0.2, 0.25) is 0 Å². The third kappa shape index (κ3) is 4.99. The number of rotatable bonds is 4. The van der Waals surface area contributed by atoms with Crippen LogP contribution in [0.15, 0.2) is 115 Å². The van der Waals surface area contributed by atoms with Gasteiger partial charge in [-0.1, -0.05) is 125 Å². The molecule has 0 saturated heterocycles. The van der Waals surface area contributed by atoms with E-state index in [1.807, 2.05) is 65.2 Å². The second-order valence-electron chi connectivity index (χ2n) is 15.7. The molecule has 258 valence electrons. The fraction of sp³-hybridized carbons (Fsp3) is 0.0426. The Balaban J connectivity index is 1.28. The quantitative estimate of drug-likeness (QED) is 0.205. The summed E-state index contributed by atoms with van der Waals surface area (Å²) in [4.78, 5) is 16.0. The Hall–Kier alpha value is -6.00. The zero-order chi connectivity index (χ0) is 42.2. The summed E-state index contributed by atoms with van der Waals surface area (Å²) in [5.74, 6) is 0.934. The van der Waals surface area contributed by atoms with Crippen LogP contribution >= 0.6 is 0 Å². The molecule has 9 aromatic rings. The third-order valence-corrected chi connectivity index (χ3v) is 12.7. The van der Waals surface area contributed by atoms with Crippen LogP contribution in [0.5, 0.6) is 0 Å². The molecule has 7 aromatic carbocycles. The van der Waals surface area contributed by atoms with E-state index < -0.39 is 5.41 Å². The first-order valence-electron chi connectivity index (χ1n) is 19.6. The maximum absolute atomic E-state index is 6.77. The summed E-state index contributed by atoms with van der Waals surface area (Å²) in [5, 5.41) is 1.83. The van der Waals surface area contributed by atoms with Gasteiger partial charge < -0.3 is 4.57 Å². The standard InChI is InChI=1S/C47H20B10N4/c48-33-32(34(49)36(51)37(52)35(33)50)45-58-44(20-17-18-22-21-9-4-8-16-29(21)61(30(22)19-20)43-41(56)39(54)38(53)40(55)42(43)57)59-46(60-45)47-26-13-5-1-10-23(26)31(24-11-2-6-14-27(24)47)25-12-3-7-15-28(25)47/h1-19,31H. The summed E-state index contributed by atoms with van der Waals surface area (Å²) in [6, 6.07) is 39.2. The zero-order valence-electron chi connectivity index (χ0n) is 32.6. The van der Waals surface area contributed by atoms with Crippen molar-refractivity contribution in [2.75, 3.05) is 0 Å². The first kappa shape index (κ1) is 38.0. The predicted octanol–water partition coefficient (Wildman–Crippen LogP) is -1.57. The number of fused-ring (bicyclic) bond motifs is 3. The van der Waals surface area contributed by atoms with Gasteiger partial charge in [-0.2, -0.15) is 0 Å². The van der Waals surface area contributed by atoms with Gasteiger partial charge in [-0.05, 0) is 45.5 Å². The molecular formula is C47H20B10N4. The van der Waals surface area contributed by atoms with Crippen molar-refractivity contribution in [1.29, 1.82) is 0 Å². The highest BCUT2D eigenvalue weighted by Crippen LogP contribution is 2.61. The Morgan fingerprint density at radius 2 is 0.852 bits per heavy atom. The summed E-state index contributed by atoms with van der Waals surface area (Å²) in [5.41, 5.74) is 9.63. The lowest BCUT2D eigenvalue weighted by molar-refractivity contribution is 0.592. The topological polar surface area (TPSA) is 43.6 Å². The first-order chi connectivity index (χ1) is 29.4. The van der Waals surface area contributed by atoms with Crippen LogP contribution in [0.25, 0.3) is 50.3 Å². The minimum absolute atomic E-state index is 0.00912. The number of hydrogen-bond donors (Lipinski definition) is 0. The molecule has 61 heavy (non-hydrogen) atoms. The van der Waals surface area contributed by atoms with Crippen LogP contribution in [-0.2, 0) is 5.41 Å². The van der Waals surface area contributed by atoms with Crippen molar-refractivity contribution < 1.29 is 0 Å². The van der Waals surface area contributed by atoms with Crippen molar-refractivity contribution in [2.45, 2.75) is 11.3 Å². The summed E-state index contributed by atoms with van der Waals surface area (Å²) in [7, 11) is 65.4. The molecule has 0 amide bonds. The van der Waals surface area contributed by atoms with Crippen LogP contribution in [0.3, 0.4) is 0 Å². The minimum atomic E-state index is -1.000. The molecule has 0 saturated carbocycles. The molecule has 4 nitrogen and oxygen atoms in total. The van der Waals surface area contributed by atoms with Gasteiger partial charge in [-0.15, -0.1) is 32.8 Å². The maximum atomic E-state index is 6.77. The molecule has 0 spiro atoms. The number of para-hydroxylation sites is 1. The molecule has 0 unspecified atom stereocenters. The predicted molar refractivity (Wildman–Crippen MR) is 258 cm³/mol. The molecule has 2 aromatic heterocycles. The van der Waals surface area contributed by atoms with Crippen LogP contribution in [0.1, 0.15) is 45.1 Å². The van der Waals surface area contributed by atoms with Gasteiger partial charge in [0.05, 0.1) is 11.0 Å². The highest BCUT2D eigenvalue weighted by Gasteiger charge is 2.54. The van der Waals surface area contributed by atoms with Gasteiger partial charge in [0.1, 0.15) is 83.9 Å². The van der Waals surface area contributed by atoms with E-state index in [1.165, 1.54) is 0 Å². The molecule has 0 N–H and O–H groups in total. The lowest BCUT2D eigenvalue weighted by Gasteiger charge is -2.49. The fourth-order valence-electron chi connectivity index (χ4n) is 9.87. The minimum Gasteiger partial charge on any atom is -0.310 e. The van der Waals surface area contributed by atoms with E-state index >= 15 is 0 Å². The van der Waals surface area contributed by atoms with Crippen molar-refractivity contribution in [2.24, 2.45) is 0 Å². The van der Waals surface area contributed by atoms with E-state index in [4.69, 9.17) is 93.4 Å². The second kappa shape index (κ2) is 13.5. The van der Waals surface area contributed by atoms with Gasteiger partial charge in [-0.3, -0.25) is 0 Å². The van der Waals surface area contributed by atoms with Crippen LogP contribution in [0.2, 0.25) is 0 Å². The molecular weight excluding hydrogens is 729 g/mol. The van der Waals surface area contributed by atoms with Gasteiger partial charge in [0.15, 0.2) is 17.5 Å². The number of benzene rings is 7. The van der Waals surface area contributed by atoms with Crippen molar-refractivity contribution in [3.63, 3.8) is 0 Å². The third-order valence-electron chi connectivity index (χ3n) is 12.7. The Labute approximate surface area is 366 Å². The van der Waals surface area contributed by atoms with E-state index in [0.717, 1.165) is 55.2 Å². The van der Waals surface area contributed by atoms with Crippen LogP contribution < -0.4 is 54.6 Å². The normalized spacial score (nSPS) is 16.1. The van der Waals surface area contributed by atoms with Crippen molar-refractivity contribution in [3.05, 3.63) is 154 Å². The molecule has 0 atom stereocenters. The largest absolute Gasteiger partial charge is 0.310 e. The first-order valence-corrected chi connectivity index (χ1v) is 19.6. The molecule has 12 rings (SSSR count). The highest BCUT2D eigenvalue weighted by atomic mass is 15.1. The van der Waals surface area contributed by atoms with E-state index in [-0.39, 0.29) is 71.9 Å². The molecule has 0 aliphatic heterocycles. The number of aromatic nitrogens is 4. The molecule has 3 aliphatic carbocycles. The maximum Gasteiger partial charge on any atom is 0.163 e. The van der Waals surface area contributed by atoms with E-state index in [2.05, 4.69) is 54.6 Å². The fourth-order valence-corrected chi connectivity index (χ4v) is 9.87. The number of hydrogen-bond acceptors (Lipinski definition) is 3.